The van der Waals surface area contributed by atoms with Gasteiger partial charge in [-0.1, -0.05) is 148 Å². The van der Waals surface area contributed by atoms with Gasteiger partial charge in [0, 0.05) is 22.3 Å². The molecule has 47 heavy (non-hydrogen) atoms. The summed E-state index contributed by atoms with van der Waals surface area (Å²) in [5.74, 6) is 1.05. The van der Waals surface area contributed by atoms with E-state index in [1.807, 2.05) is 83.1 Å². The van der Waals surface area contributed by atoms with Crippen molar-refractivity contribution in [3.63, 3.8) is 0 Å². The standard InChI is InChI=1S/C40H67O6P/c1-14-15-16-17-18-19-20-21-22-23-24-44-47(43,45-29-25-31(37(2,3)4)35(41)32(26-29)38(5,6)7)46-30-27-33(39(8,9)10)36(42)34(28-30)40(11,12)13/h25-28,41-42H,14-24H2,1-13H3. The second kappa shape index (κ2) is 16.5. The van der Waals surface area contributed by atoms with Crippen molar-refractivity contribution in [2.45, 2.75) is 176 Å². The third-order valence-electron chi connectivity index (χ3n) is 8.58. The topological polar surface area (TPSA) is 85.2 Å². The number of benzene rings is 2. The van der Waals surface area contributed by atoms with Crippen LogP contribution in [0.5, 0.6) is 23.0 Å². The smallest absolute Gasteiger partial charge is 0.507 e. The van der Waals surface area contributed by atoms with Crippen molar-refractivity contribution < 1.29 is 28.3 Å². The number of aromatic hydroxyl groups is 2. The zero-order valence-corrected chi connectivity index (χ0v) is 33.0. The highest BCUT2D eigenvalue weighted by Gasteiger charge is 2.35. The van der Waals surface area contributed by atoms with Gasteiger partial charge < -0.3 is 19.3 Å². The lowest BCUT2D eigenvalue weighted by Gasteiger charge is -2.30. The van der Waals surface area contributed by atoms with Crippen molar-refractivity contribution in [3.8, 4) is 23.0 Å². The molecule has 2 N–H and O–H groups in total. The molecule has 0 bridgehead atoms. The summed E-state index contributed by atoms with van der Waals surface area (Å²) in [5, 5.41) is 22.5. The van der Waals surface area contributed by atoms with E-state index in [1.54, 1.807) is 24.3 Å². The summed E-state index contributed by atoms with van der Waals surface area (Å²) < 4.78 is 33.2. The molecule has 0 radical (unpaired) electrons. The normalized spacial score (nSPS) is 13.2. The van der Waals surface area contributed by atoms with Gasteiger partial charge in [0.05, 0.1) is 6.61 Å². The van der Waals surface area contributed by atoms with Crippen LogP contribution in [-0.4, -0.2) is 16.8 Å². The van der Waals surface area contributed by atoms with Crippen LogP contribution in [0.15, 0.2) is 24.3 Å². The first-order valence-corrected chi connectivity index (χ1v) is 19.4. The summed E-state index contributed by atoms with van der Waals surface area (Å²) in [5.41, 5.74) is 1.17. The fourth-order valence-corrected chi connectivity index (χ4v) is 6.93. The number of phosphoric acid groups is 1. The molecule has 0 saturated heterocycles. The Labute approximate surface area is 287 Å². The molecule has 2 aromatic rings. The van der Waals surface area contributed by atoms with Crippen LogP contribution in [0.4, 0.5) is 0 Å². The van der Waals surface area contributed by atoms with Gasteiger partial charge in [-0.25, -0.2) is 4.57 Å². The summed E-state index contributed by atoms with van der Waals surface area (Å²) in [6.45, 7) is 26.7. The van der Waals surface area contributed by atoms with Crippen LogP contribution in [0.3, 0.4) is 0 Å². The molecule has 2 rings (SSSR count). The van der Waals surface area contributed by atoms with Crippen molar-refractivity contribution in [1.82, 2.24) is 0 Å². The molecule has 0 saturated carbocycles. The van der Waals surface area contributed by atoms with Gasteiger partial charge in [-0.05, 0) is 52.3 Å². The number of rotatable bonds is 16. The quantitative estimate of drug-likeness (QED) is 0.136. The highest BCUT2D eigenvalue weighted by atomic mass is 31.2. The number of hydrogen-bond acceptors (Lipinski definition) is 6. The van der Waals surface area contributed by atoms with Crippen LogP contribution < -0.4 is 9.05 Å². The van der Waals surface area contributed by atoms with Crippen molar-refractivity contribution >= 4 is 7.82 Å². The van der Waals surface area contributed by atoms with E-state index < -0.39 is 29.5 Å². The Hall–Kier alpha value is -2.17. The molecule has 0 heterocycles. The maximum Gasteiger partial charge on any atom is 0.587 e. The lowest BCUT2D eigenvalue weighted by atomic mass is 9.79. The first-order chi connectivity index (χ1) is 21.5. The molecule has 0 aromatic heterocycles. The van der Waals surface area contributed by atoms with Gasteiger partial charge in [-0.2, -0.15) is 0 Å². The molecule has 0 aliphatic heterocycles. The number of hydrogen-bond donors (Lipinski definition) is 2. The van der Waals surface area contributed by atoms with Gasteiger partial charge in [0.25, 0.3) is 0 Å². The van der Waals surface area contributed by atoms with E-state index in [0.29, 0.717) is 33.8 Å². The second-order valence-electron chi connectivity index (χ2n) is 17.4. The summed E-state index contributed by atoms with van der Waals surface area (Å²) in [7, 11) is -4.22. The molecule has 7 heteroatoms. The maximum atomic E-state index is 14.6. The predicted octanol–water partition coefficient (Wildman–Crippen LogP) is 12.8. The Morgan fingerprint density at radius 1 is 0.511 bits per heavy atom. The lowest BCUT2D eigenvalue weighted by molar-refractivity contribution is 0.204. The molecule has 0 atom stereocenters. The number of phenolic OH excluding ortho intramolecular Hbond substituents is 2. The van der Waals surface area contributed by atoms with E-state index in [4.69, 9.17) is 13.6 Å². The average molecular weight is 675 g/mol. The van der Waals surface area contributed by atoms with Crippen molar-refractivity contribution in [3.05, 3.63) is 46.5 Å². The van der Waals surface area contributed by atoms with E-state index >= 15 is 0 Å². The van der Waals surface area contributed by atoms with E-state index in [1.165, 1.54) is 44.9 Å². The van der Waals surface area contributed by atoms with Crippen LogP contribution in [0.1, 0.15) is 176 Å². The molecule has 268 valence electrons. The molecular weight excluding hydrogens is 607 g/mol. The van der Waals surface area contributed by atoms with E-state index in [2.05, 4.69) is 6.92 Å². The molecule has 0 spiro atoms. The minimum Gasteiger partial charge on any atom is -0.507 e. The average Bonchev–Trinajstić information content (AvgIpc) is 2.91. The van der Waals surface area contributed by atoms with Gasteiger partial charge in [0.15, 0.2) is 0 Å². The molecule has 2 aromatic carbocycles. The number of phenols is 2. The van der Waals surface area contributed by atoms with Gasteiger partial charge in [-0.3, -0.25) is 4.52 Å². The third kappa shape index (κ3) is 12.7. The summed E-state index contributed by atoms with van der Waals surface area (Å²) in [6.07, 6.45) is 11.7. The fraction of sp³-hybridized carbons (Fsp3) is 0.700. The molecule has 0 aliphatic carbocycles. The van der Waals surface area contributed by atoms with E-state index in [-0.39, 0.29) is 18.1 Å². The lowest BCUT2D eigenvalue weighted by Crippen LogP contribution is -2.18. The highest BCUT2D eigenvalue weighted by Crippen LogP contribution is 2.53. The first-order valence-electron chi connectivity index (χ1n) is 17.9. The SMILES string of the molecule is CCCCCCCCCCCCOP(=O)(Oc1cc(C(C)(C)C)c(O)c(C(C)(C)C)c1)Oc1cc(C(C)(C)C)c(O)c(C(C)(C)C)c1. The molecule has 0 unspecified atom stereocenters. The molecule has 0 fully saturated rings. The monoisotopic (exact) mass is 674 g/mol. The Bertz CT molecular complexity index is 1180. The Morgan fingerprint density at radius 2 is 0.787 bits per heavy atom. The molecule has 6 nitrogen and oxygen atoms in total. The first kappa shape index (κ1) is 41.0. The number of phosphoric ester groups is 1. The second-order valence-corrected chi connectivity index (χ2v) is 18.9. The van der Waals surface area contributed by atoms with Gasteiger partial charge >= 0.3 is 7.82 Å². The van der Waals surface area contributed by atoms with Gasteiger partial charge in [0.1, 0.15) is 23.0 Å². The maximum absolute atomic E-state index is 14.6. The zero-order chi connectivity index (χ0) is 35.8. The van der Waals surface area contributed by atoms with Crippen LogP contribution in [0.25, 0.3) is 0 Å². The summed E-state index contributed by atoms with van der Waals surface area (Å²) >= 11 is 0. The largest absolute Gasteiger partial charge is 0.587 e. The highest BCUT2D eigenvalue weighted by molar-refractivity contribution is 7.49. The van der Waals surface area contributed by atoms with Gasteiger partial charge in [-0.15, -0.1) is 0 Å². The molecular formula is C40H67O6P. The predicted molar refractivity (Wildman–Crippen MR) is 198 cm³/mol. The summed E-state index contributed by atoms with van der Waals surface area (Å²) in [4.78, 5) is 0. The minimum absolute atomic E-state index is 0.211. The van der Waals surface area contributed by atoms with Crippen LogP contribution in [-0.2, 0) is 30.7 Å². The Balaban J connectivity index is 2.44. The molecule has 0 amide bonds. The van der Waals surface area contributed by atoms with Crippen molar-refractivity contribution in [2.75, 3.05) is 6.61 Å². The van der Waals surface area contributed by atoms with Gasteiger partial charge in [0.2, 0.25) is 0 Å². The summed E-state index contributed by atoms with van der Waals surface area (Å²) in [6, 6.07) is 6.95. The van der Waals surface area contributed by atoms with Crippen LogP contribution in [0, 0.1) is 0 Å². The molecule has 0 aliphatic rings. The minimum atomic E-state index is -4.22. The number of unbranched alkanes of at least 4 members (excludes halogenated alkanes) is 9. The Morgan fingerprint density at radius 3 is 1.06 bits per heavy atom. The van der Waals surface area contributed by atoms with E-state index in [0.717, 1.165) is 19.3 Å². The zero-order valence-electron chi connectivity index (χ0n) is 32.1. The van der Waals surface area contributed by atoms with E-state index in [9.17, 15) is 14.8 Å². The van der Waals surface area contributed by atoms with Crippen LogP contribution in [0.2, 0.25) is 0 Å². The van der Waals surface area contributed by atoms with Crippen molar-refractivity contribution in [2.24, 2.45) is 0 Å². The third-order valence-corrected chi connectivity index (χ3v) is 9.95. The van der Waals surface area contributed by atoms with Crippen molar-refractivity contribution in [1.29, 1.82) is 0 Å². The van der Waals surface area contributed by atoms with Crippen LogP contribution >= 0.6 is 7.82 Å². The Kier molecular flexibility index (Phi) is 14.4. The fourth-order valence-electron chi connectivity index (χ4n) is 5.70.